The molecule has 0 spiro atoms. The molecule has 1 unspecified atom stereocenters. The largest absolute Gasteiger partial charge is 0.484 e. The van der Waals surface area contributed by atoms with Crippen LogP contribution in [0.3, 0.4) is 0 Å². The van der Waals surface area contributed by atoms with Gasteiger partial charge >= 0.3 is 6.33 Å². The second-order valence-electron chi connectivity index (χ2n) is 2.07. The number of rotatable bonds is 1. The standard InChI is InChI=1S/C5H9BN2OS/c1-5-7-3-2-4-8(5)6(9)10/h2-5,9-10H,1H3. The fraction of sp³-hybridized carbons (Fsp3) is 0.400. The molecule has 1 aliphatic rings. The highest BCUT2D eigenvalue weighted by Gasteiger charge is 2.19. The predicted octanol–water partition coefficient (Wildman–Crippen LogP) is 0.139. The second kappa shape index (κ2) is 3.12. The smallest absolute Gasteiger partial charge is 0.423 e. The first kappa shape index (κ1) is 7.69. The van der Waals surface area contributed by atoms with Crippen molar-refractivity contribution < 1.29 is 5.02 Å². The molecular formula is C5H9BN2OS. The Bertz CT molecular complexity index is 171. The van der Waals surface area contributed by atoms with Crippen LogP contribution in [0.4, 0.5) is 0 Å². The molecule has 0 aromatic heterocycles. The summed E-state index contributed by atoms with van der Waals surface area (Å²) in [6, 6.07) is 0. The number of hydrogen-bond acceptors (Lipinski definition) is 4. The van der Waals surface area contributed by atoms with Gasteiger partial charge in [-0.25, -0.2) is 0 Å². The van der Waals surface area contributed by atoms with Gasteiger partial charge in [0.1, 0.15) is 6.17 Å². The van der Waals surface area contributed by atoms with Crippen molar-refractivity contribution in [3.05, 3.63) is 12.3 Å². The summed E-state index contributed by atoms with van der Waals surface area (Å²) in [5, 5.41) is 9.01. The van der Waals surface area contributed by atoms with Gasteiger partial charge in [0.2, 0.25) is 0 Å². The normalized spacial score (nSPS) is 23.5. The van der Waals surface area contributed by atoms with E-state index in [9.17, 15) is 0 Å². The minimum Gasteiger partial charge on any atom is -0.423 e. The molecule has 1 rings (SSSR count). The number of hydrogen-bond donors (Lipinski definition) is 2. The van der Waals surface area contributed by atoms with E-state index in [0.717, 1.165) is 0 Å². The fourth-order valence-electron chi connectivity index (χ4n) is 0.784. The second-order valence-corrected chi connectivity index (χ2v) is 2.53. The lowest BCUT2D eigenvalue weighted by Gasteiger charge is -2.26. The average molecular weight is 156 g/mol. The Kier molecular flexibility index (Phi) is 2.40. The van der Waals surface area contributed by atoms with Crippen LogP contribution in [-0.4, -0.2) is 28.5 Å². The molecular weight excluding hydrogens is 147 g/mol. The summed E-state index contributed by atoms with van der Waals surface area (Å²) in [4.78, 5) is 5.68. The van der Waals surface area contributed by atoms with E-state index in [1.54, 1.807) is 23.3 Å². The first-order valence-corrected chi connectivity index (χ1v) is 3.57. The van der Waals surface area contributed by atoms with Crippen LogP contribution in [-0.2, 0) is 0 Å². The minimum absolute atomic E-state index is 0.0162. The summed E-state index contributed by atoms with van der Waals surface area (Å²) in [5.41, 5.74) is 0. The van der Waals surface area contributed by atoms with E-state index in [4.69, 9.17) is 5.02 Å². The molecule has 0 amide bonds. The lowest BCUT2D eigenvalue weighted by Crippen LogP contribution is -2.38. The minimum atomic E-state index is -0.760. The molecule has 0 saturated carbocycles. The van der Waals surface area contributed by atoms with Crippen molar-refractivity contribution >= 4 is 25.0 Å². The molecule has 10 heavy (non-hydrogen) atoms. The van der Waals surface area contributed by atoms with E-state index in [2.05, 4.69) is 17.5 Å². The molecule has 1 atom stereocenters. The highest BCUT2D eigenvalue weighted by Crippen LogP contribution is 2.07. The quantitative estimate of drug-likeness (QED) is 0.418. The molecule has 54 valence electrons. The highest BCUT2D eigenvalue weighted by molar-refractivity contribution is 8.09. The van der Waals surface area contributed by atoms with Gasteiger partial charge in [-0.1, -0.05) is 0 Å². The fourth-order valence-corrected chi connectivity index (χ4v) is 1.05. The monoisotopic (exact) mass is 156 g/mol. The van der Waals surface area contributed by atoms with Crippen molar-refractivity contribution in [2.24, 2.45) is 4.99 Å². The Labute approximate surface area is 65.9 Å². The maximum Gasteiger partial charge on any atom is 0.484 e. The summed E-state index contributed by atoms with van der Waals surface area (Å²) in [6.45, 7) is 1.89. The first-order chi connectivity index (χ1) is 4.72. The van der Waals surface area contributed by atoms with Gasteiger partial charge in [0.05, 0.1) is 0 Å². The molecule has 0 aromatic carbocycles. The Hall–Kier alpha value is -0.415. The van der Waals surface area contributed by atoms with Gasteiger partial charge in [0, 0.05) is 6.21 Å². The van der Waals surface area contributed by atoms with E-state index in [-0.39, 0.29) is 6.17 Å². The predicted molar refractivity (Wildman–Crippen MR) is 45.9 cm³/mol. The molecule has 0 fully saturated rings. The summed E-state index contributed by atoms with van der Waals surface area (Å²) < 4.78 is 0. The van der Waals surface area contributed by atoms with Gasteiger partial charge in [-0.15, -0.1) is 0 Å². The SMILES string of the molecule is CC1N=CC=CN1B(O)S. The van der Waals surface area contributed by atoms with Crippen LogP contribution >= 0.6 is 12.5 Å². The third-order valence-corrected chi connectivity index (χ3v) is 1.61. The third-order valence-electron chi connectivity index (χ3n) is 1.34. The van der Waals surface area contributed by atoms with Crippen LogP contribution in [0.2, 0.25) is 0 Å². The Morgan fingerprint density at radius 1 is 1.80 bits per heavy atom. The molecule has 0 radical (unpaired) electrons. The van der Waals surface area contributed by atoms with E-state index >= 15 is 0 Å². The maximum absolute atomic E-state index is 9.01. The summed E-state index contributed by atoms with van der Waals surface area (Å²) in [6.07, 6.45) is 4.45. The number of nitrogens with zero attached hydrogens (tertiary/aromatic N) is 2. The zero-order chi connectivity index (χ0) is 7.56. The van der Waals surface area contributed by atoms with Gasteiger partial charge in [-0.05, 0) is 19.2 Å². The van der Waals surface area contributed by atoms with Crippen LogP contribution < -0.4 is 0 Å². The molecule has 3 nitrogen and oxygen atoms in total. The van der Waals surface area contributed by atoms with Crippen molar-refractivity contribution in [2.75, 3.05) is 0 Å². The van der Waals surface area contributed by atoms with Crippen LogP contribution in [0, 0.1) is 0 Å². The Balaban J connectivity index is 2.61. The molecule has 5 heteroatoms. The van der Waals surface area contributed by atoms with Crippen molar-refractivity contribution in [2.45, 2.75) is 13.1 Å². The molecule has 0 saturated heterocycles. The van der Waals surface area contributed by atoms with Crippen molar-refractivity contribution in [3.8, 4) is 0 Å². The summed E-state index contributed by atoms with van der Waals surface area (Å²) in [7, 11) is 0. The average Bonchev–Trinajstić information content (AvgIpc) is 1.88. The number of thiol groups is 1. The van der Waals surface area contributed by atoms with Gasteiger partial charge in [0.15, 0.2) is 0 Å². The molecule has 0 aromatic rings. The van der Waals surface area contributed by atoms with Gasteiger partial charge in [-0.2, -0.15) is 12.5 Å². The topological polar surface area (TPSA) is 35.8 Å². The van der Waals surface area contributed by atoms with Crippen molar-refractivity contribution in [1.29, 1.82) is 0 Å². The lowest BCUT2D eigenvalue weighted by atomic mass is 10.1. The van der Waals surface area contributed by atoms with Crippen LogP contribution in [0.5, 0.6) is 0 Å². The number of aliphatic imine (C=N–C) groups is 1. The zero-order valence-corrected chi connectivity index (χ0v) is 6.57. The van der Waals surface area contributed by atoms with Crippen LogP contribution in [0.25, 0.3) is 0 Å². The summed E-state index contributed by atoms with van der Waals surface area (Å²) >= 11 is 3.86. The van der Waals surface area contributed by atoms with Gasteiger partial charge in [0.25, 0.3) is 0 Å². The molecule has 0 bridgehead atoms. The van der Waals surface area contributed by atoms with Gasteiger partial charge in [-0.3, -0.25) is 4.99 Å². The molecule has 1 N–H and O–H groups in total. The Morgan fingerprint density at radius 3 is 2.90 bits per heavy atom. The zero-order valence-electron chi connectivity index (χ0n) is 5.68. The number of allylic oxidation sites excluding steroid dienone is 1. The van der Waals surface area contributed by atoms with Gasteiger partial charge < -0.3 is 9.83 Å². The molecule has 1 heterocycles. The van der Waals surface area contributed by atoms with E-state index in [1.807, 2.05) is 6.92 Å². The van der Waals surface area contributed by atoms with E-state index in [1.165, 1.54) is 0 Å². The lowest BCUT2D eigenvalue weighted by molar-refractivity contribution is 0.397. The van der Waals surface area contributed by atoms with E-state index < -0.39 is 6.33 Å². The van der Waals surface area contributed by atoms with Crippen LogP contribution in [0.1, 0.15) is 6.92 Å². The molecule has 0 aliphatic carbocycles. The highest BCUT2D eigenvalue weighted by atomic mass is 32.1. The van der Waals surface area contributed by atoms with E-state index in [0.29, 0.717) is 0 Å². The Morgan fingerprint density at radius 2 is 2.50 bits per heavy atom. The third kappa shape index (κ3) is 1.55. The summed E-state index contributed by atoms with van der Waals surface area (Å²) in [5.74, 6) is 0. The maximum atomic E-state index is 9.01. The van der Waals surface area contributed by atoms with Crippen molar-refractivity contribution in [1.82, 2.24) is 4.81 Å². The van der Waals surface area contributed by atoms with Crippen LogP contribution in [0.15, 0.2) is 17.3 Å². The van der Waals surface area contributed by atoms with Crippen molar-refractivity contribution in [3.63, 3.8) is 0 Å². The molecule has 1 aliphatic heterocycles. The first-order valence-electron chi connectivity index (χ1n) is 3.05.